The number of halogens is 2. The van der Waals surface area contributed by atoms with Gasteiger partial charge in [-0.2, -0.15) is 0 Å². The fraction of sp³-hybridized carbons (Fsp3) is 0.269. The van der Waals surface area contributed by atoms with Gasteiger partial charge in [-0.05, 0) is 23.6 Å². The molecule has 38 heavy (non-hydrogen) atoms. The molecule has 0 spiro atoms. The number of fused-ring (bicyclic) bond motifs is 1. The fourth-order valence-corrected chi connectivity index (χ4v) is 5.38. The van der Waals surface area contributed by atoms with Crippen molar-refractivity contribution >= 4 is 51.6 Å². The van der Waals surface area contributed by atoms with E-state index in [1.54, 1.807) is 36.5 Å². The summed E-state index contributed by atoms with van der Waals surface area (Å²) in [6.07, 6.45) is 3.52. The Labute approximate surface area is 227 Å². The van der Waals surface area contributed by atoms with Crippen molar-refractivity contribution in [1.82, 2.24) is 30.2 Å². The number of carbonyl (C=O) groups is 1. The lowest BCUT2D eigenvalue weighted by atomic mass is 9.79. The van der Waals surface area contributed by atoms with Crippen molar-refractivity contribution in [2.24, 2.45) is 4.99 Å². The molecule has 4 aromatic rings. The van der Waals surface area contributed by atoms with E-state index in [1.165, 1.54) is 17.5 Å². The third kappa shape index (κ3) is 4.80. The van der Waals surface area contributed by atoms with Crippen molar-refractivity contribution in [3.05, 3.63) is 81.4 Å². The zero-order chi connectivity index (χ0) is 27.0. The summed E-state index contributed by atoms with van der Waals surface area (Å²) in [6, 6.07) is 8.41. The van der Waals surface area contributed by atoms with Crippen LogP contribution in [0, 0.1) is 0 Å². The molecule has 1 aliphatic rings. The Bertz CT molecular complexity index is 1540. The van der Waals surface area contributed by atoms with Gasteiger partial charge in [-0.1, -0.05) is 37.6 Å². The smallest absolute Gasteiger partial charge is 0.304 e. The van der Waals surface area contributed by atoms with Crippen molar-refractivity contribution in [3.8, 4) is 0 Å². The number of pyridine rings is 1. The van der Waals surface area contributed by atoms with Crippen LogP contribution >= 0.6 is 22.9 Å². The molecule has 0 saturated heterocycles. The zero-order valence-electron chi connectivity index (χ0n) is 20.8. The quantitative estimate of drug-likeness (QED) is 0.286. The number of rotatable bonds is 8. The van der Waals surface area contributed by atoms with Crippen molar-refractivity contribution in [3.63, 3.8) is 0 Å². The number of carboxylic acids is 1. The van der Waals surface area contributed by atoms with Crippen LogP contribution in [-0.2, 0) is 10.2 Å². The average molecular weight is 554 g/mol. The molecule has 0 radical (unpaired) electrons. The minimum atomic E-state index is -1.02. The molecule has 2 atom stereocenters. The summed E-state index contributed by atoms with van der Waals surface area (Å²) < 4.78 is 16.3. The summed E-state index contributed by atoms with van der Waals surface area (Å²) in [5, 5.41) is 15.1. The average Bonchev–Trinajstić information content (AvgIpc) is 3.57. The summed E-state index contributed by atoms with van der Waals surface area (Å²) >= 11 is 7.49. The van der Waals surface area contributed by atoms with E-state index in [4.69, 9.17) is 16.6 Å². The lowest BCUT2D eigenvalue weighted by Gasteiger charge is -2.41. The predicted octanol–water partition coefficient (Wildman–Crippen LogP) is 4.83. The summed E-state index contributed by atoms with van der Waals surface area (Å²) in [6.45, 7) is 3.79. The maximum absolute atomic E-state index is 16.3. The number of likely N-dealkylation sites (N-methyl/N-ethyl adjacent to an activating group) is 1. The molecule has 12 heteroatoms. The van der Waals surface area contributed by atoms with Crippen LogP contribution in [0.15, 0.2) is 65.1 Å². The minimum absolute atomic E-state index is 0.166. The molecule has 9 nitrogen and oxygen atoms in total. The number of aliphatic imine (C=N–C) groups is 1. The second-order valence-electron chi connectivity index (χ2n) is 9.47. The number of hydrogen-bond donors (Lipinski definition) is 3. The Morgan fingerprint density at radius 1 is 1.32 bits per heavy atom. The highest BCUT2D eigenvalue weighted by atomic mass is 35.5. The van der Waals surface area contributed by atoms with E-state index in [2.05, 4.69) is 25.3 Å². The number of hydrogen-bond acceptors (Lipinski definition) is 8. The van der Waals surface area contributed by atoms with Gasteiger partial charge in [0.2, 0.25) is 0 Å². The Balaban J connectivity index is 1.61. The molecule has 4 aromatic heterocycles. The van der Waals surface area contributed by atoms with Crippen LogP contribution in [-0.4, -0.2) is 61.0 Å². The lowest BCUT2D eigenvalue weighted by molar-refractivity contribution is -0.138. The number of thiophene rings is 1. The van der Waals surface area contributed by atoms with Gasteiger partial charge < -0.3 is 15.0 Å². The van der Waals surface area contributed by atoms with Gasteiger partial charge in [0.1, 0.15) is 28.4 Å². The topological polar surface area (TPSA) is 119 Å². The number of aromatic nitrogens is 4. The van der Waals surface area contributed by atoms with E-state index in [1.807, 2.05) is 37.4 Å². The second-order valence-corrected chi connectivity index (χ2v) is 10.8. The van der Waals surface area contributed by atoms with Crippen LogP contribution < -0.4 is 5.32 Å². The van der Waals surface area contributed by atoms with Crippen molar-refractivity contribution in [2.45, 2.75) is 37.9 Å². The van der Waals surface area contributed by atoms with Gasteiger partial charge in [-0.15, -0.1) is 11.3 Å². The number of aromatic amines is 1. The summed E-state index contributed by atoms with van der Waals surface area (Å²) in [5.74, 6) is -1.10. The van der Waals surface area contributed by atoms with Crippen LogP contribution in [0.2, 0.25) is 5.15 Å². The molecule has 0 saturated carbocycles. The maximum atomic E-state index is 16.3. The largest absolute Gasteiger partial charge is 0.481 e. The van der Waals surface area contributed by atoms with Crippen LogP contribution in [0.5, 0.6) is 0 Å². The highest BCUT2D eigenvalue weighted by Crippen LogP contribution is 2.36. The molecule has 1 aliphatic heterocycles. The van der Waals surface area contributed by atoms with Crippen molar-refractivity contribution in [1.29, 1.82) is 0 Å². The highest BCUT2D eigenvalue weighted by Gasteiger charge is 2.40. The molecular weight excluding hydrogens is 529 g/mol. The summed E-state index contributed by atoms with van der Waals surface area (Å²) in [5.41, 5.74) is 1.70. The SMILES string of the molecule is CN1C(c2c[nH]c3ncc(Cl)nc23)=NC(c2cccs2)=C(F)C1NC(CC(=O)O)C(C)(C)c1ccccn1. The van der Waals surface area contributed by atoms with Crippen LogP contribution in [0.25, 0.3) is 16.9 Å². The highest BCUT2D eigenvalue weighted by molar-refractivity contribution is 7.11. The first kappa shape index (κ1) is 26.0. The van der Waals surface area contributed by atoms with E-state index in [0.717, 1.165) is 0 Å². The molecule has 5 heterocycles. The first-order chi connectivity index (χ1) is 18.2. The second kappa shape index (κ2) is 10.2. The fourth-order valence-electron chi connectivity index (χ4n) is 4.53. The Hall–Kier alpha value is -3.67. The number of H-pyrrole nitrogens is 1. The molecule has 196 valence electrons. The third-order valence-corrected chi connectivity index (χ3v) is 7.74. The Morgan fingerprint density at radius 3 is 2.82 bits per heavy atom. The van der Waals surface area contributed by atoms with E-state index < -0.39 is 29.4 Å². The standard InChI is InChI=1S/C26H25ClFN7O2S/c1-26(2,16-8-4-5-9-29-16)17(11-19(36)37)32-25-20(28)22(15-7-6-10-38-15)34-24(35(25)3)14-12-30-23-21(14)33-18(27)13-31-23/h4-10,12-13,17,25,32H,11H2,1-3H3,(H,30,31)(H,36,37). The van der Waals surface area contributed by atoms with Gasteiger partial charge >= 0.3 is 5.97 Å². The van der Waals surface area contributed by atoms with Crippen molar-refractivity contribution in [2.75, 3.05) is 7.05 Å². The van der Waals surface area contributed by atoms with E-state index >= 15 is 4.39 Å². The van der Waals surface area contributed by atoms with Crippen LogP contribution in [0.4, 0.5) is 4.39 Å². The molecule has 0 bridgehead atoms. The molecule has 0 fully saturated rings. The third-order valence-electron chi connectivity index (χ3n) is 6.69. The van der Waals surface area contributed by atoms with Gasteiger partial charge in [0.25, 0.3) is 0 Å². The normalized spacial score (nSPS) is 17.1. The zero-order valence-corrected chi connectivity index (χ0v) is 22.4. The number of aliphatic carboxylic acids is 1. The first-order valence-corrected chi connectivity index (χ1v) is 13.1. The van der Waals surface area contributed by atoms with Gasteiger partial charge in [-0.25, -0.2) is 19.4 Å². The number of nitrogens with one attached hydrogen (secondary N) is 2. The molecule has 3 N–H and O–H groups in total. The van der Waals surface area contributed by atoms with Crippen LogP contribution in [0.1, 0.15) is 36.4 Å². The van der Waals surface area contributed by atoms with Crippen LogP contribution in [0.3, 0.4) is 0 Å². The Kier molecular flexibility index (Phi) is 6.99. The monoisotopic (exact) mass is 553 g/mol. The summed E-state index contributed by atoms with van der Waals surface area (Å²) in [7, 11) is 1.70. The summed E-state index contributed by atoms with van der Waals surface area (Å²) in [4.78, 5) is 35.1. The molecular formula is C26H25ClFN7O2S. The number of carboxylic acid groups (broad SMARTS) is 1. The first-order valence-electron chi connectivity index (χ1n) is 11.8. The Morgan fingerprint density at radius 2 is 2.13 bits per heavy atom. The number of amidine groups is 1. The number of nitrogens with zero attached hydrogens (tertiary/aromatic N) is 5. The molecule has 5 rings (SSSR count). The minimum Gasteiger partial charge on any atom is -0.481 e. The molecule has 0 aliphatic carbocycles. The molecule has 2 unspecified atom stereocenters. The van der Waals surface area contributed by atoms with E-state index in [0.29, 0.717) is 33.1 Å². The lowest BCUT2D eigenvalue weighted by Crippen LogP contribution is -2.57. The predicted molar refractivity (Wildman–Crippen MR) is 146 cm³/mol. The van der Waals surface area contributed by atoms with E-state index in [9.17, 15) is 9.90 Å². The van der Waals surface area contributed by atoms with E-state index in [-0.39, 0.29) is 17.3 Å². The maximum Gasteiger partial charge on any atom is 0.304 e. The van der Waals surface area contributed by atoms with Gasteiger partial charge in [0.05, 0.1) is 23.1 Å². The van der Waals surface area contributed by atoms with Gasteiger partial charge in [0, 0.05) is 36.6 Å². The molecule has 0 amide bonds. The van der Waals surface area contributed by atoms with Gasteiger partial charge in [-0.3, -0.25) is 15.1 Å². The van der Waals surface area contributed by atoms with Gasteiger partial charge in [0.15, 0.2) is 11.5 Å². The molecule has 0 aromatic carbocycles. The van der Waals surface area contributed by atoms with Crippen molar-refractivity contribution < 1.29 is 14.3 Å².